The van der Waals surface area contributed by atoms with Crippen molar-refractivity contribution in [3.63, 3.8) is 0 Å². The number of thiophene rings is 2. The van der Waals surface area contributed by atoms with Gasteiger partial charge in [0.05, 0.1) is 13.1 Å². The van der Waals surface area contributed by atoms with E-state index in [0.717, 1.165) is 6.54 Å². The topological polar surface area (TPSA) is 32.3 Å². The fourth-order valence-electron chi connectivity index (χ4n) is 2.04. The molecule has 2 aromatic heterocycles. The standard InChI is InChI=1S/C16H22N2OS2/c1-13(2)17-8-7-16(19)18(11-14-5-3-9-20-14)12-15-6-4-10-21-15/h3-6,9-10,13,17H,7-8,11-12H2,1-2H3. The molecule has 0 atom stereocenters. The van der Waals surface area contributed by atoms with Crippen LogP contribution in [0.5, 0.6) is 0 Å². The molecule has 0 unspecified atom stereocenters. The highest BCUT2D eigenvalue weighted by molar-refractivity contribution is 7.10. The van der Waals surface area contributed by atoms with Crippen molar-refractivity contribution in [1.82, 2.24) is 10.2 Å². The maximum atomic E-state index is 12.5. The molecule has 0 radical (unpaired) electrons. The molecular weight excluding hydrogens is 300 g/mol. The molecule has 0 aliphatic carbocycles. The monoisotopic (exact) mass is 322 g/mol. The Morgan fingerprint density at radius 3 is 2.14 bits per heavy atom. The molecule has 0 fully saturated rings. The van der Waals surface area contributed by atoms with Gasteiger partial charge in [-0.1, -0.05) is 26.0 Å². The highest BCUT2D eigenvalue weighted by atomic mass is 32.1. The Labute approximate surface area is 134 Å². The predicted octanol–water partition coefficient (Wildman–Crippen LogP) is 3.73. The lowest BCUT2D eigenvalue weighted by Gasteiger charge is -2.22. The van der Waals surface area contributed by atoms with Crippen molar-refractivity contribution in [2.75, 3.05) is 6.54 Å². The van der Waals surface area contributed by atoms with Crippen LogP contribution in [0.25, 0.3) is 0 Å². The number of carbonyl (C=O) groups excluding carboxylic acids is 1. The number of nitrogens with zero attached hydrogens (tertiary/aromatic N) is 1. The summed E-state index contributed by atoms with van der Waals surface area (Å²) in [6.07, 6.45) is 0.551. The highest BCUT2D eigenvalue weighted by Crippen LogP contribution is 2.17. The van der Waals surface area contributed by atoms with Crippen LogP contribution in [0.4, 0.5) is 0 Å². The zero-order chi connectivity index (χ0) is 15.1. The number of carbonyl (C=O) groups is 1. The Balaban J connectivity index is 1.95. The van der Waals surface area contributed by atoms with Gasteiger partial charge in [0, 0.05) is 28.8 Å². The van der Waals surface area contributed by atoms with Gasteiger partial charge in [-0.3, -0.25) is 4.79 Å². The van der Waals surface area contributed by atoms with E-state index in [4.69, 9.17) is 0 Å². The summed E-state index contributed by atoms with van der Waals surface area (Å²) in [5, 5.41) is 7.42. The van der Waals surface area contributed by atoms with Crippen molar-refractivity contribution in [3.8, 4) is 0 Å². The van der Waals surface area contributed by atoms with Crippen LogP contribution < -0.4 is 5.32 Å². The van der Waals surface area contributed by atoms with E-state index in [2.05, 4.69) is 42.1 Å². The summed E-state index contributed by atoms with van der Waals surface area (Å²) in [6, 6.07) is 8.67. The molecule has 1 amide bonds. The second-order valence-corrected chi connectivity index (χ2v) is 7.33. The van der Waals surface area contributed by atoms with E-state index < -0.39 is 0 Å². The molecule has 0 saturated heterocycles. The van der Waals surface area contributed by atoms with Gasteiger partial charge in [-0.2, -0.15) is 0 Å². The predicted molar refractivity (Wildman–Crippen MR) is 90.6 cm³/mol. The maximum Gasteiger partial charge on any atom is 0.224 e. The second-order valence-electron chi connectivity index (χ2n) is 5.27. The van der Waals surface area contributed by atoms with Gasteiger partial charge in [0.25, 0.3) is 0 Å². The lowest BCUT2D eigenvalue weighted by molar-refractivity contribution is -0.132. The van der Waals surface area contributed by atoms with Crippen LogP contribution >= 0.6 is 22.7 Å². The zero-order valence-electron chi connectivity index (χ0n) is 12.5. The van der Waals surface area contributed by atoms with Crippen molar-refractivity contribution in [3.05, 3.63) is 44.8 Å². The zero-order valence-corrected chi connectivity index (χ0v) is 14.2. The molecule has 0 aromatic carbocycles. The van der Waals surface area contributed by atoms with E-state index in [0.29, 0.717) is 25.6 Å². The summed E-state index contributed by atoms with van der Waals surface area (Å²) in [5.41, 5.74) is 0. The molecule has 0 aliphatic heterocycles. The Morgan fingerprint density at radius 1 is 1.14 bits per heavy atom. The molecule has 0 bridgehead atoms. The van der Waals surface area contributed by atoms with Crippen LogP contribution in [-0.4, -0.2) is 23.4 Å². The minimum Gasteiger partial charge on any atom is -0.332 e. The fourth-order valence-corrected chi connectivity index (χ4v) is 3.48. The molecule has 21 heavy (non-hydrogen) atoms. The molecule has 1 N–H and O–H groups in total. The third-order valence-electron chi connectivity index (χ3n) is 3.10. The number of hydrogen-bond acceptors (Lipinski definition) is 4. The molecule has 3 nitrogen and oxygen atoms in total. The van der Waals surface area contributed by atoms with E-state index in [9.17, 15) is 4.79 Å². The minimum absolute atomic E-state index is 0.213. The van der Waals surface area contributed by atoms with Crippen molar-refractivity contribution < 1.29 is 4.79 Å². The van der Waals surface area contributed by atoms with Gasteiger partial charge in [0.15, 0.2) is 0 Å². The van der Waals surface area contributed by atoms with Crippen LogP contribution in [0, 0.1) is 0 Å². The Hall–Kier alpha value is -1.17. The van der Waals surface area contributed by atoms with Gasteiger partial charge in [0.1, 0.15) is 0 Å². The van der Waals surface area contributed by atoms with Crippen molar-refractivity contribution in [2.45, 2.75) is 39.4 Å². The molecule has 0 spiro atoms. The summed E-state index contributed by atoms with van der Waals surface area (Å²) in [4.78, 5) is 16.9. The summed E-state index contributed by atoms with van der Waals surface area (Å²) >= 11 is 3.41. The van der Waals surface area contributed by atoms with Crippen LogP contribution in [0.15, 0.2) is 35.0 Å². The van der Waals surface area contributed by atoms with Crippen molar-refractivity contribution in [1.29, 1.82) is 0 Å². The molecule has 5 heteroatoms. The number of rotatable bonds is 8. The Kier molecular flexibility index (Phi) is 6.42. The molecule has 114 valence electrons. The third kappa shape index (κ3) is 5.61. The maximum absolute atomic E-state index is 12.5. The first-order valence-corrected chi connectivity index (χ1v) is 8.97. The van der Waals surface area contributed by atoms with E-state index in [-0.39, 0.29) is 5.91 Å². The van der Waals surface area contributed by atoms with Crippen LogP contribution in [0.1, 0.15) is 30.0 Å². The molecule has 2 aromatic rings. The van der Waals surface area contributed by atoms with Gasteiger partial charge in [0.2, 0.25) is 5.91 Å². The van der Waals surface area contributed by atoms with E-state index >= 15 is 0 Å². The first-order valence-electron chi connectivity index (χ1n) is 7.21. The highest BCUT2D eigenvalue weighted by Gasteiger charge is 2.15. The summed E-state index contributed by atoms with van der Waals surface area (Å²) in [5.74, 6) is 0.213. The Bertz CT molecular complexity index is 484. The largest absolute Gasteiger partial charge is 0.332 e. The SMILES string of the molecule is CC(C)NCCC(=O)N(Cc1cccs1)Cc1cccs1. The normalized spacial score (nSPS) is 11.0. The summed E-state index contributed by atoms with van der Waals surface area (Å²) in [7, 11) is 0. The fraction of sp³-hybridized carbons (Fsp3) is 0.438. The number of nitrogens with one attached hydrogen (secondary N) is 1. The average Bonchev–Trinajstić information content (AvgIpc) is 3.10. The third-order valence-corrected chi connectivity index (χ3v) is 4.82. The lowest BCUT2D eigenvalue weighted by atomic mass is 10.3. The van der Waals surface area contributed by atoms with Gasteiger partial charge in [-0.15, -0.1) is 22.7 Å². The van der Waals surface area contributed by atoms with E-state index in [1.165, 1.54) is 9.75 Å². The quantitative estimate of drug-likeness (QED) is 0.803. The van der Waals surface area contributed by atoms with Crippen molar-refractivity contribution in [2.24, 2.45) is 0 Å². The van der Waals surface area contributed by atoms with E-state index in [1.54, 1.807) is 22.7 Å². The minimum atomic E-state index is 0.213. The number of hydrogen-bond donors (Lipinski definition) is 1. The molecule has 2 heterocycles. The first kappa shape index (κ1) is 16.2. The van der Waals surface area contributed by atoms with Gasteiger partial charge < -0.3 is 10.2 Å². The second kappa shape index (κ2) is 8.32. The summed E-state index contributed by atoms with van der Waals surface area (Å²) in [6.45, 7) is 6.34. The molecular formula is C16H22N2OS2. The molecule has 0 aliphatic rings. The van der Waals surface area contributed by atoms with Gasteiger partial charge >= 0.3 is 0 Å². The molecule has 2 rings (SSSR count). The lowest BCUT2D eigenvalue weighted by Crippen LogP contribution is -2.33. The average molecular weight is 322 g/mol. The number of amides is 1. The smallest absolute Gasteiger partial charge is 0.224 e. The van der Waals surface area contributed by atoms with Gasteiger partial charge in [-0.05, 0) is 22.9 Å². The van der Waals surface area contributed by atoms with Crippen LogP contribution in [0.2, 0.25) is 0 Å². The molecule has 0 saturated carbocycles. The Morgan fingerprint density at radius 2 is 1.71 bits per heavy atom. The van der Waals surface area contributed by atoms with Crippen LogP contribution in [-0.2, 0) is 17.9 Å². The summed E-state index contributed by atoms with van der Waals surface area (Å²) < 4.78 is 0. The van der Waals surface area contributed by atoms with Crippen LogP contribution in [0.3, 0.4) is 0 Å². The van der Waals surface area contributed by atoms with Gasteiger partial charge in [-0.25, -0.2) is 0 Å². The van der Waals surface area contributed by atoms with E-state index in [1.807, 2.05) is 17.0 Å². The van der Waals surface area contributed by atoms with Crippen molar-refractivity contribution >= 4 is 28.6 Å². The first-order chi connectivity index (χ1) is 10.1.